The summed E-state index contributed by atoms with van der Waals surface area (Å²) in [6.45, 7) is 3.10. The summed E-state index contributed by atoms with van der Waals surface area (Å²) in [5.74, 6) is -2.44. The fraction of sp³-hybridized carbons (Fsp3) is 0.292. The Hall–Kier alpha value is -3.62. The lowest BCUT2D eigenvalue weighted by atomic mass is 9.93. The van der Waals surface area contributed by atoms with Gasteiger partial charge in [0, 0.05) is 35.9 Å². The van der Waals surface area contributed by atoms with Gasteiger partial charge in [-0.15, -0.1) is 0 Å². The van der Waals surface area contributed by atoms with Crippen molar-refractivity contribution in [2.75, 3.05) is 23.3 Å². The van der Waals surface area contributed by atoms with Gasteiger partial charge in [-0.05, 0) is 56.2 Å². The van der Waals surface area contributed by atoms with E-state index in [1.54, 1.807) is 61.5 Å². The maximum atomic E-state index is 13.5. The number of ketones is 1. The minimum atomic E-state index is -4.87. The van der Waals surface area contributed by atoms with Gasteiger partial charge in [-0.3, -0.25) is 9.59 Å². The van der Waals surface area contributed by atoms with E-state index in [-0.39, 0.29) is 17.6 Å². The molecule has 1 saturated heterocycles. The first-order valence-corrected chi connectivity index (χ1v) is 10.5. The molecule has 0 radical (unpaired) electrons. The predicted octanol–water partition coefficient (Wildman–Crippen LogP) is 5.42. The maximum Gasteiger partial charge on any atom is 0.452 e. The van der Waals surface area contributed by atoms with Crippen molar-refractivity contribution in [3.63, 3.8) is 0 Å². The van der Waals surface area contributed by atoms with Crippen molar-refractivity contribution in [1.82, 2.24) is 4.98 Å². The van der Waals surface area contributed by atoms with Crippen molar-refractivity contribution in [2.45, 2.75) is 25.9 Å². The highest BCUT2D eigenvalue weighted by atomic mass is 19.4. The number of carbonyl (C=O) groups is 2. The molecule has 4 rings (SSSR count). The van der Waals surface area contributed by atoms with Gasteiger partial charge in [0.1, 0.15) is 5.78 Å². The Morgan fingerprint density at radius 2 is 1.67 bits per heavy atom. The fourth-order valence-electron chi connectivity index (χ4n) is 3.86. The second-order valence-electron chi connectivity index (χ2n) is 7.93. The quantitative estimate of drug-likeness (QED) is 0.554. The summed E-state index contributed by atoms with van der Waals surface area (Å²) < 4.78 is 45.3. The van der Waals surface area contributed by atoms with Crippen molar-refractivity contribution in [1.29, 1.82) is 0 Å². The summed E-state index contributed by atoms with van der Waals surface area (Å²) >= 11 is 0. The van der Waals surface area contributed by atoms with Gasteiger partial charge in [0.25, 0.3) is 5.91 Å². The van der Waals surface area contributed by atoms with Crippen LogP contribution < -0.4 is 10.2 Å². The Morgan fingerprint density at radius 3 is 2.24 bits per heavy atom. The van der Waals surface area contributed by atoms with Crippen LogP contribution in [0.2, 0.25) is 0 Å². The Kier molecular flexibility index (Phi) is 6.22. The molecule has 172 valence electrons. The smallest absolute Gasteiger partial charge is 0.431 e. The van der Waals surface area contributed by atoms with E-state index in [9.17, 15) is 22.8 Å². The van der Waals surface area contributed by atoms with Gasteiger partial charge in [-0.2, -0.15) is 13.2 Å². The van der Waals surface area contributed by atoms with Crippen LogP contribution in [0, 0.1) is 5.92 Å². The maximum absolute atomic E-state index is 13.5. The third-order valence-corrected chi connectivity index (χ3v) is 5.68. The number of nitrogens with one attached hydrogen (secondary N) is 1. The number of hydrogen-bond donors (Lipinski definition) is 1. The number of halogens is 3. The van der Waals surface area contributed by atoms with Gasteiger partial charge < -0.3 is 14.6 Å². The van der Waals surface area contributed by atoms with E-state index in [1.807, 2.05) is 0 Å². The van der Waals surface area contributed by atoms with Gasteiger partial charge in [-0.1, -0.05) is 18.2 Å². The first kappa shape index (κ1) is 22.6. The standard InChI is InChI=1S/C24H22F3N3O3/c1-15(31)16-11-13-30(14-12-16)19-9-7-18(8-10-19)28-22(32)20-21(24(25,26)27)33-23(29-20)17-5-3-2-4-6-17/h2-10,16H,11-14H2,1H3,(H,28,32). The van der Waals surface area contributed by atoms with Crippen LogP contribution in [0.15, 0.2) is 59.0 Å². The van der Waals surface area contributed by atoms with Crippen molar-refractivity contribution in [3.8, 4) is 11.5 Å². The number of oxazole rings is 1. The topological polar surface area (TPSA) is 75.4 Å². The van der Waals surface area contributed by atoms with Crippen LogP contribution in [0.4, 0.5) is 24.5 Å². The zero-order chi connectivity index (χ0) is 23.6. The number of rotatable bonds is 5. The largest absolute Gasteiger partial charge is 0.452 e. The van der Waals surface area contributed by atoms with Crippen LogP contribution in [-0.2, 0) is 11.0 Å². The van der Waals surface area contributed by atoms with Crippen molar-refractivity contribution in [2.24, 2.45) is 5.92 Å². The average Bonchev–Trinajstić information content (AvgIpc) is 3.27. The Balaban J connectivity index is 1.49. The van der Waals surface area contributed by atoms with Crippen LogP contribution in [0.1, 0.15) is 36.0 Å². The summed E-state index contributed by atoms with van der Waals surface area (Å²) in [7, 11) is 0. The average molecular weight is 457 g/mol. The lowest BCUT2D eigenvalue weighted by molar-refractivity contribution is -0.153. The summed E-state index contributed by atoms with van der Waals surface area (Å²) in [6, 6.07) is 14.9. The molecular weight excluding hydrogens is 435 g/mol. The molecule has 0 bridgehead atoms. The molecule has 0 aliphatic carbocycles. The molecule has 9 heteroatoms. The number of anilines is 2. The molecule has 1 N–H and O–H groups in total. The molecule has 1 fully saturated rings. The lowest BCUT2D eigenvalue weighted by Gasteiger charge is -2.32. The highest BCUT2D eigenvalue weighted by Gasteiger charge is 2.42. The number of carbonyl (C=O) groups excluding carboxylic acids is 2. The predicted molar refractivity (Wildman–Crippen MR) is 117 cm³/mol. The second kappa shape index (κ2) is 9.09. The minimum Gasteiger partial charge on any atom is -0.431 e. The van der Waals surface area contributed by atoms with Gasteiger partial charge in [0.15, 0.2) is 5.69 Å². The molecule has 1 aliphatic heterocycles. The molecule has 1 aliphatic rings. The van der Waals surface area contributed by atoms with Crippen molar-refractivity contribution in [3.05, 3.63) is 66.1 Å². The first-order valence-electron chi connectivity index (χ1n) is 10.5. The van der Waals surface area contributed by atoms with Crippen molar-refractivity contribution >= 4 is 23.1 Å². The molecule has 1 amide bonds. The van der Waals surface area contributed by atoms with E-state index in [0.29, 0.717) is 11.3 Å². The zero-order valence-corrected chi connectivity index (χ0v) is 17.9. The number of piperidine rings is 1. The minimum absolute atomic E-state index is 0.0888. The van der Waals surface area contributed by atoms with Gasteiger partial charge in [0.2, 0.25) is 11.7 Å². The highest BCUT2D eigenvalue weighted by molar-refractivity contribution is 6.04. The van der Waals surface area contributed by atoms with Crippen LogP contribution in [0.25, 0.3) is 11.5 Å². The van der Waals surface area contributed by atoms with Gasteiger partial charge in [-0.25, -0.2) is 4.98 Å². The number of aromatic nitrogens is 1. The Bertz CT molecular complexity index is 1130. The number of benzene rings is 2. The first-order chi connectivity index (χ1) is 15.7. The van der Waals surface area contributed by atoms with Crippen LogP contribution in [-0.4, -0.2) is 29.8 Å². The highest BCUT2D eigenvalue weighted by Crippen LogP contribution is 2.35. The molecule has 0 atom stereocenters. The van der Waals surface area contributed by atoms with E-state index >= 15 is 0 Å². The number of hydrogen-bond acceptors (Lipinski definition) is 5. The number of alkyl halides is 3. The second-order valence-corrected chi connectivity index (χ2v) is 7.93. The van der Waals surface area contributed by atoms with E-state index in [2.05, 4.69) is 15.2 Å². The molecule has 3 aromatic rings. The monoisotopic (exact) mass is 457 g/mol. The normalized spacial score (nSPS) is 14.8. The Morgan fingerprint density at radius 1 is 1.03 bits per heavy atom. The van der Waals surface area contributed by atoms with Crippen LogP contribution >= 0.6 is 0 Å². The lowest BCUT2D eigenvalue weighted by Crippen LogP contribution is -2.35. The Labute approximate surface area is 188 Å². The number of nitrogens with zero attached hydrogens (tertiary/aromatic N) is 2. The van der Waals surface area contributed by atoms with E-state index in [1.165, 1.54) is 0 Å². The molecular formula is C24H22F3N3O3. The molecule has 0 spiro atoms. The van der Waals surface area contributed by atoms with Crippen LogP contribution in [0.3, 0.4) is 0 Å². The molecule has 33 heavy (non-hydrogen) atoms. The summed E-state index contributed by atoms with van der Waals surface area (Å²) in [5, 5.41) is 2.46. The molecule has 2 heterocycles. The third kappa shape index (κ3) is 5.08. The SMILES string of the molecule is CC(=O)C1CCN(c2ccc(NC(=O)c3nc(-c4ccccc4)oc3C(F)(F)F)cc2)CC1. The summed E-state index contributed by atoms with van der Waals surface area (Å²) in [6.07, 6.45) is -3.31. The molecule has 0 saturated carbocycles. The summed E-state index contributed by atoms with van der Waals surface area (Å²) in [4.78, 5) is 30.1. The fourth-order valence-corrected chi connectivity index (χ4v) is 3.86. The molecule has 6 nitrogen and oxygen atoms in total. The summed E-state index contributed by atoms with van der Waals surface area (Å²) in [5.41, 5.74) is 0.759. The van der Waals surface area contributed by atoms with Gasteiger partial charge >= 0.3 is 6.18 Å². The molecule has 1 aromatic heterocycles. The van der Waals surface area contributed by atoms with Gasteiger partial charge in [0.05, 0.1) is 0 Å². The number of Topliss-reactive ketones (excluding diaryl/α,β-unsaturated/α-hetero) is 1. The number of amides is 1. The zero-order valence-electron chi connectivity index (χ0n) is 17.9. The molecule has 2 aromatic carbocycles. The van der Waals surface area contributed by atoms with E-state index in [0.717, 1.165) is 31.6 Å². The third-order valence-electron chi connectivity index (χ3n) is 5.68. The van der Waals surface area contributed by atoms with E-state index < -0.39 is 23.5 Å². The van der Waals surface area contributed by atoms with Crippen LogP contribution in [0.5, 0.6) is 0 Å². The van der Waals surface area contributed by atoms with Crippen molar-refractivity contribution < 1.29 is 27.2 Å². The molecule has 0 unspecified atom stereocenters. The van der Waals surface area contributed by atoms with E-state index in [4.69, 9.17) is 4.42 Å².